The lowest BCUT2D eigenvalue weighted by Crippen LogP contribution is -2.61. The average molecular weight is 1540 g/mol. The molecule has 37 heteroatoms. The van der Waals surface area contributed by atoms with Gasteiger partial charge in [0, 0.05) is 121 Å². The van der Waals surface area contributed by atoms with Crippen LogP contribution in [0.5, 0.6) is 11.5 Å². The molecule has 100 heavy (non-hydrogen) atoms. The molecule has 4 heterocycles. The molecule has 6 rings (SSSR count). The normalized spacial score (nSPS) is 20.4. The number of aromatic hydroxyl groups is 1. The number of methoxy groups -OCH3 is 1. The van der Waals surface area contributed by atoms with Crippen molar-refractivity contribution in [2.75, 3.05) is 64.9 Å². The number of rotatable bonds is 29. The fourth-order valence-electron chi connectivity index (χ4n) is 10.7. The van der Waals surface area contributed by atoms with Crippen LogP contribution < -0.4 is 63.2 Å². The number of benzene rings is 2. The second-order valence-electron chi connectivity index (χ2n) is 24.2. The van der Waals surface area contributed by atoms with Gasteiger partial charge in [-0.25, -0.2) is 9.97 Å². The van der Waals surface area contributed by atoms with E-state index in [0.717, 1.165) is 26.5 Å². The van der Waals surface area contributed by atoms with Crippen molar-refractivity contribution in [3.63, 3.8) is 0 Å². The van der Waals surface area contributed by atoms with Crippen LogP contribution in [0.15, 0.2) is 67.5 Å². The van der Waals surface area contributed by atoms with Gasteiger partial charge in [-0.3, -0.25) is 67.2 Å². The van der Waals surface area contributed by atoms with Crippen molar-refractivity contribution in [1.29, 1.82) is 0 Å². The summed E-state index contributed by atoms with van der Waals surface area (Å²) in [6.07, 6.45) is 1.67. The Kier molecular flexibility index (Phi) is 31.7. The molecular weight excluding hydrogens is 1460 g/mol. The first kappa shape index (κ1) is 79.9. The van der Waals surface area contributed by atoms with E-state index in [1.165, 1.54) is 71.3 Å². The Morgan fingerprint density at radius 3 is 1.86 bits per heavy atom. The second-order valence-corrected chi connectivity index (χ2v) is 27.9. The summed E-state index contributed by atoms with van der Waals surface area (Å²) >= 11 is 1.84. The number of imidazole rings is 2. The summed E-state index contributed by atoms with van der Waals surface area (Å²) < 4.78 is 5.67. The minimum Gasteiger partial charge on any atom is -0.507 e. The van der Waals surface area contributed by atoms with Gasteiger partial charge in [-0.2, -0.15) is 0 Å². The van der Waals surface area contributed by atoms with Gasteiger partial charge in [-0.1, -0.05) is 53.6 Å². The maximum absolute atomic E-state index is 15.5. The monoisotopic (exact) mass is 1540 g/mol. The summed E-state index contributed by atoms with van der Waals surface area (Å²) in [6.45, 7) is 5.88. The Morgan fingerprint density at radius 2 is 1.29 bits per heavy atom. The number of aliphatic hydroxyl groups is 1. The molecule has 2 aromatic heterocycles. The number of amides is 12. The molecule has 1 unspecified atom stereocenters. The Hall–Kier alpha value is -9.08. The first-order valence-electron chi connectivity index (χ1n) is 31.9. The predicted molar refractivity (Wildman–Crippen MR) is 372 cm³/mol. The van der Waals surface area contributed by atoms with Crippen molar-refractivity contribution in [2.24, 2.45) is 5.92 Å². The van der Waals surface area contributed by atoms with Gasteiger partial charge in [0.05, 0.1) is 42.4 Å². The van der Waals surface area contributed by atoms with Gasteiger partial charge in [0.2, 0.25) is 70.9 Å². The zero-order valence-electron chi connectivity index (χ0n) is 55.8. The number of aromatic amines is 2. The van der Waals surface area contributed by atoms with E-state index in [-0.39, 0.29) is 94.1 Å². The molecule has 0 spiro atoms. The summed E-state index contributed by atoms with van der Waals surface area (Å²) in [6, 6.07) is -3.26. The average Bonchev–Trinajstić information content (AvgIpc) is 1.63. The largest absolute Gasteiger partial charge is 0.507 e. The molecule has 16 N–H and O–H groups in total. The van der Waals surface area contributed by atoms with E-state index in [9.17, 15) is 68.1 Å². The molecule has 2 aliphatic rings. The minimum absolute atomic E-state index is 0.0950. The number of carboxylic acids is 1. The molecule has 0 aliphatic carbocycles. The van der Waals surface area contributed by atoms with Crippen molar-refractivity contribution in [3.05, 3.63) is 93.6 Å². The van der Waals surface area contributed by atoms with Crippen LogP contribution in [0.25, 0.3) is 0 Å². The van der Waals surface area contributed by atoms with Crippen LogP contribution in [-0.4, -0.2) is 247 Å². The fraction of sp³-hybridized carbons (Fsp3) is 0.508. The third-order valence-electron chi connectivity index (χ3n) is 15.8. The van der Waals surface area contributed by atoms with Gasteiger partial charge in [-0.05, 0) is 70.3 Å². The van der Waals surface area contributed by atoms with E-state index in [1.54, 1.807) is 43.0 Å². The number of nitrogens with zero attached hydrogens (tertiary/aromatic N) is 4. The van der Waals surface area contributed by atoms with E-state index in [0.29, 0.717) is 31.8 Å². The molecule has 4 aromatic rings. The van der Waals surface area contributed by atoms with Crippen molar-refractivity contribution in [1.82, 2.24) is 88.2 Å². The Balaban J connectivity index is 1.41. The number of phenolic OH excluding ortho intramolecular Hbond substituents is 1. The van der Waals surface area contributed by atoms with E-state index in [2.05, 4.69) is 78.4 Å². The number of carbonyl (C=O) groups excluding carboxylic acids is 12. The number of hydrogen-bond acceptors (Lipinski definition) is 21. The zero-order valence-corrected chi connectivity index (χ0v) is 59.6. The van der Waals surface area contributed by atoms with E-state index in [4.69, 9.17) is 4.74 Å². The van der Waals surface area contributed by atoms with Crippen LogP contribution >= 0.6 is 44.2 Å². The molecule has 0 bridgehead atoms. The highest BCUT2D eigenvalue weighted by molar-refractivity contribution is 14.1. The van der Waals surface area contributed by atoms with Crippen molar-refractivity contribution >= 4 is 121 Å². The van der Waals surface area contributed by atoms with Crippen LogP contribution in [0.4, 0.5) is 0 Å². The Bertz CT molecular complexity index is 3480. The third kappa shape index (κ3) is 25.9. The lowest BCUT2D eigenvalue weighted by Gasteiger charge is -2.31. The number of likely N-dealkylation sites (N-methyl/N-ethyl adjacent to an activating group) is 1. The summed E-state index contributed by atoms with van der Waals surface area (Å²) in [5.74, 6) is -12.2. The van der Waals surface area contributed by atoms with E-state index >= 15 is 9.59 Å². The molecular formula is C63H86IN17O17S2. The number of ether oxygens (including phenoxy) is 1. The number of halogens is 1. The first-order chi connectivity index (χ1) is 47.6. The number of fused-ring (bicyclic) bond motifs is 1. The maximum atomic E-state index is 15.5. The molecule has 2 aliphatic heterocycles. The maximum Gasteiger partial charge on any atom is 0.305 e. The fourth-order valence-corrected chi connectivity index (χ4v) is 13.6. The van der Waals surface area contributed by atoms with Gasteiger partial charge in [-0.15, -0.1) is 0 Å². The topological polar surface area (TPSA) is 488 Å². The van der Waals surface area contributed by atoms with Gasteiger partial charge in [0.1, 0.15) is 65.9 Å². The van der Waals surface area contributed by atoms with Crippen molar-refractivity contribution < 1.29 is 82.4 Å². The van der Waals surface area contributed by atoms with Crippen LogP contribution in [0, 0.1) is 9.49 Å². The molecule has 2 aromatic carbocycles. The zero-order chi connectivity index (χ0) is 73.2. The van der Waals surface area contributed by atoms with Crippen molar-refractivity contribution in [2.45, 2.75) is 133 Å². The number of hydrogen-bond donors (Lipinski definition) is 16. The standard InChI is InChI=1S/C63H86IN17O17S2/c1-33(2)17-43-56(90)78-49(61(95)74-46(55(89)65-5)21-38-25-66-31-70-38)29-99-100-30-50(63(97)81-27-40(84)23-51(81)62(96)77-45(20-37-9-12-52(85)42(64)18-37)58(92)76-48(24-54(87)88)60(94)73-43)79-59(93)47(22-39-26-67-32-71-39)75-57(91)44(19-36-7-10-41(98-6)11-8-36)72-53(86)28-80(15-13-68-34(3)82)16-14-69-35(4)83/h7-12,18,25-26,31-33,40,43-51,84-85H,13-17,19-24,27-30H2,1-6H3,(H,65,89)(H,66,70)(H,67,71)(H,68,82)(H,69,83)(H,72,86)(H,73,94)(H,74,95)(H,75,91)(H,76,92)(H,77,96)(H,78,90)(H,79,93)(H,87,88)/t40?,43-,44-,45-,46-,47-,48-,49-,50-,51-/m0/s1. The van der Waals surface area contributed by atoms with E-state index in [1.807, 2.05) is 22.6 Å². The molecule has 12 amide bonds. The molecule has 544 valence electrons. The van der Waals surface area contributed by atoms with Crippen LogP contribution in [0.1, 0.15) is 69.5 Å². The van der Waals surface area contributed by atoms with Crippen LogP contribution in [0.2, 0.25) is 0 Å². The highest BCUT2D eigenvalue weighted by Crippen LogP contribution is 2.28. The van der Waals surface area contributed by atoms with Gasteiger partial charge >= 0.3 is 5.97 Å². The van der Waals surface area contributed by atoms with Crippen molar-refractivity contribution in [3.8, 4) is 11.5 Å². The Morgan fingerprint density at radius 1 is 0.720 bits per heavy atom. The lowest BCUT2D eigenvalue weighted by atomic mass is 10.0. The number of carbonyl (C=O) groups is 13. The summed E-state index contributed by atoms with van der Waals surface area (Å²) in [5.41, 5.74) is 1.66. The molecule has 2 fully saturated rings. The number of aliphatic hydroxyl groups excluding tert-OH is 1. The van der Waals surface area contributed by atoms with E-state index < -0.39 is 151 Å². The SMILES string of the molecule is CNC(=O)[C@H](Cc1cnc[nH]1)NC(=O)[C@@H]1CSSC[C@H](NC(=O)[C@H](Cc2cnc[nH]2)NC(=O)[C@H](Cc2ccc(OC)cc2)NC(=O)CN(CCNC(C)=O)CCNC(C)=O)C(=O)N2CC(O)C[C@H]2C(=O)N[C@@H](Cc2ccc(O)c(I)c2)C(=O)N[C@@H](CC(=O)O)C(=O)N[C@@H](CC(C)C)C(=O)N1. The molecule has 2 saturated heterocycles. The number of nitrogens with one attached hydrogen (secondary N) is 13. The summed E-state index contributed by atoms with van der Waals surface area (Å²) in [4.78, 5) is 199. The highest BCUT2D eigenvalue weighted by atomic mass is 127. The van der Waals surface area contributed by atoms with Gasteiger partial charge in [0.25, 0.3) is 0 Å². The highest BCUT2D eigenvalue weighted by Gasteiger charge is 2.44. The molecule has 10 atom stereocenters. The number of aliphatic carboxylic acids is 1. The second kappa shape index (κ2) is 39.6. The lowest BCUT2D eigenvalue weighted by molar-refractivity contribution is -0.142. The molecule has 34 nitrogen and oxygen atoms in total. The number of H-pyrrole nitrogens is 2. The van der Waals surface area contributed by atoms with Gasteiger partial charge in [0.15, 0.2) is 0 Å². The van der Waals surface area contributed by atoms with Gasteiger partial charge < -0.3 is 93.4 Å². The summed E-state index contributed by atoms with van der Waals surface area (Å²) in [7, 11) is 4.62. The predicted octanol–water partition coefficient (Wildman–Crippen LogP) is -3.20. The molecule has 0 radical (unpaired) electrons. The quantitative estimate of drug-likeness (QED) is 0.0188. The number of carboxylic acid groups (broad SMARTS) is 1. The van der Waals surface area contributed by atoms with Crippen LogP contribution in [-0.2, 0) is 88.0 Å². The smallest absolute Gasteiger partial charge is 0.305 e. The first-order valence-corrected chi connectivity index (χ1v) is 35.5. The van der Waals surface area contributed by atoms with Crippen LogP contribution in [0.3, 0.4) is 0 Å². The molecule has 0 saturated carbocycles. The number of aromatic nitrogens is 4. The Labute approximate surface area is 597 Å². The minimum atomic E-state index is -1.91. The summed E-state index contributed by atoms with van der Waals surface area (Å²) in [5, 5.41) is 60.8. The number of phenols is 1. The third-order valence-corrected chi connectivity index (χ3v) is 19.1.